The van der Waals surface area contributed by atoms with Gasteiger partial charge in [0.2, 0.25) is 0 Å². The van der Waals surface area contributed by atoms with Crippen LogP contribution in [0, 0.1) is 0 Å². The predicted octanol–water partition coefficient (Wildman–Crippen LogP) is 4.74. The van der Waals surface area contributed by atoms with Crippen molar-refractivity contribution in [1.29, 1.82) is 0 Å². The number of rotatable bonds is 4. The second kappa shape index (κ2) is 6.27. The molecule has 0 radical (unpaired) electrons. The summed E-state index contributed by atoms with van der Waals surface area (Å²) in [5.41, 5.74) is 2.26. The molecule has 0 N–H and O–H groups in total. The Morgan fingerprint density at radius 1 is 1.21 bits per heavy atom. The van der Waals surface area contributed by atoms with Crippen LogP contribution in [0.4, 0.5) is 0 Å². The van der Waals surface area contributed by atoms with E-state index in [2.05, 4.69) is 11.9 Å². The number of pyridine rings is 1. The van der Waals surface area contributed by atoms with E-state index in [4.69, 9.17) is 27.9 Å². The number of methoxy groups -OCH3 is 1. The highest BCUT2D eigenvalue weighted by atomic mass is 35.5. The van der Waals surface area contributed by atoms with E-state index in [-0.39, 0.29) is 0 Å². The Kier molecular flexibility index (Phi) is 4.67. The molecule has 0 saturated carbocycles. The second-order valence-corrected chi connectivity index (χ2v) is 5.27. The van der Waals surface area contributed by atoms with Gasteiger partial charge in [-0.3, -0.25) is 0 Å². The van der Waals surface area contributed by atoms with Crippen molar-refractivity contribution in [2.45, 2.75) is 19.3 Å². The lowest BCUT2D eigenvalue weighted by Gasteiger charge is -2.14. The molecule has 100 valence electrons. The van der Waals surface area contributed by atoms with Crippen LogP contribution in [0.3, 0.4) is 0 Å². The van der Waals surface area contributed by atoms with Gasteiger partial charge in [-0.15, -0.1) is 0 Å². The van der Waals surface area contributed by atoms with E-state index in [1.165, 1.54) is 0 Å². The van der Waals surface area contributed by atoms with Gasteiger partial charge < -0.3 is 4.74 Å². The number of hydrogen-bond acceptors (Lipinski definition) is 2. The monoisotopic (exact) mass is 295 g/mol. The second-order valence-electron chi connectivity index (χ2n) is 4.48. The van der Waals surface area contributed by atoms with Crippen molar-refractivity contribution in [3.63, 3.8) is 0 Å². The molecular formula is C15H15Cl2NO. The van der Waals surface area contributed by atoms with Crippen LogP contribution in [0.15, 0.2) is 36.5 Å². The zero-order chi connectivity index (χ0) is 13.8. The lowest BCUT2D eigenvalue weighted by atomic mass is 9.94. The summed E-state index contributed by atoms with van der Waals surface area (Å²) < 4.78 is 5.15. The van der Waals surface area contributed by atoms with E-state index >= 15 is 0 Å². The predicted molar refractivity (Wildman–Crippen MR) is 79.4 cm³/mol. The molecule has 0 spiro atoms. The zero-order valence-corrected chi connectivity index (χ0v) is 12.4. The number of nitrogens with zero attached hydrogens (tertiary/aromatic N) is 1. The third kappa shape index (κ3) is 3.62. The van der Waals surface area contributed by atoms with Crippen molar-refractivity contribution in [1.82, 2.24) is 4.98 Å². The first kappa shape index (κ1) is 14.2. The molecule has 0 amide bonds. The Morgan fingerprint density at radius 2 is 2.00 bits per heavy atom. The number of ether oxygens (including phenoxy) is 1. The van der Waals surface area contributed by atoms with Gasteiger partial charge in [-0.25, -0.2) is 4.98 Å². The summed E-state index contributed by atoms with van der Waals surface area (Å²) in [6.07, 6.45) is 2.59. The van der Waals surface area contributed by atoms with Gasteiger partial charge in [0, 0.05) is 11.2 Å². The van der Waals surface area contributed by atoms with Crippen molar-refractivity contribution >= 4 is 23.2 Å². The minimum absolute atomic E-state index is 0.303. The lowest BCUT2D eigenvalue weighted by molar-refractivity contribution is 0.414. The molecule has 1 aromatic heterocycles. The number of halogens is 2. The van der Waals surface area contributed by atoms with E-state index in [9.17, 15) is 0 Å². The SMILES string of the molecule is COc1ccc(C(C)Cc2ccnc(Cl)c2)c(Cl)c1. The molecule has 1 aromatic carbocycles. The summed E-state index contributed by atoms with van der Waals surface area (Å²) in [7, 11) is 1.63. The normalized spacial score (nSPS) is 12.2. The standard InChI is InChI=1S/C15H15Cl2NO/c1-10(7-11-5-6-18-15(17)8-11)13-4-3-12(19-2)9-14(13)16/h3-6,8-10H,7H2,1-2H3. The van der Waals surface area contributed by atoms with E-state index < -0.39 is 0 Å². The molecule has 2 rings (SSSR count). The van der Waals surface area contributed by atoms with Gasteiger partial charge >= 0.3 is 0 Å². The van der Waals surface area contributed by atoms with Crippen molar-refractivity contribution < 1.29 is 4.74 Å². The van der Waals surface area contributed by atoms with Crippen LogP contribution in [0.5, 0.6) is 5.75 Å². The molecule has 2 nitrogen and oxygen atoms in total. The van der Waals surface area contributed by atoms with E-state index in [1.54, 1.807) is 13.3 Å². The van der Waals surface area contributed by atoms with Crippen molar-refractivity contribution in [3.05, 3.63) is 57.8 Å². The zero-order valence-electron chi connectivity index (χ0n) is 10.9. The van der Waals surface area contributed by atoms with Crippen LogP contribution >= 0.6 is 23.2 Å². The summed E-state index contributed by atoms with van der Waals surface area (Å²) in [6, 6.07) is 9.63. The van der Waals surface area contributed by atoms with Gasteiger partial charge in [-0.05, 0) is 47.7 Å². The molecule has 1 atom stereocenters. The Labute approximate surface area is 123 Å². The van der Waals surface area contributed by atoms with E-state index in [1.807, 2.05) is 30.3 Å². The number of aromatic nitrogens is 1. The Morgan fingerprint density at radius 3 is 2.63 bits per heavy atom. The fourth-order valence-electron chi connectivity index (χ4n) is 2.07. The molecule has 4 heteroatoms. The minimum atomic E-state index is 0.303. The highest BCUT2D eigenvalue weighted by Crippen LogP contribution is 2.30. The molecular weight excluding hydrogens is 281 g/mol. The summed E-state index contributed by atoms with van der Waals surface area (Å²) in [6.45, 7) is 2.14. The molecule has 0 fully saturated rings. The number of benzene rings is 1. The summed E-state index contributed by atoms with van der Waals surface area (Å²) in [4.78, 5) is 3.98. The number of hydrogen-bond donors (Lipinski definition) is 0. The Balaban J connectivity index is 2.18. The van der Waals surface area contributed by atoms with E-state index in [0.717, 1.165) is 28.3 Å². The summed E-state index contributed by atoms with van der Waals surface area (Å²) in [5, 5.41) is 1.25. The maximum absolute atomic E-state index is 6.28. The maximum Gasteiger partial charge on any atom is 0.129 e. The van der Waals surface area contributed by atoms with Crippen LogP contribution < -0.4 is 4.74 Å². The van der Waals surface area contributed by atoms with Gasteiger partial charge in [0.1, 0.15) is 10.9 Å². The highest BCUT2D eigenvalue weighted by molar-refractivity contribution is 6.31. The molecule has 0 bridgehead atoms. The minimum Gasteiger partial charge on any atom is -0.497 e. The van der Waals surface area contributed by atoms with Crippen LogP contribution in [0.2, 0.25) is 10.2 Å². The first-order valence-electron chi connectivity index (χ1n) is 6.04. The maximum atomic E-state index is 6.28. The topological polar surface area (TPSA) is 22.1 Å². The van der Waals surface area contributed by atoms with Gasteiger partial charge in [0.25, 0.3) is 0 Å². The van der Waals surface area contributed by atoms with Gasteiger partial charge in [0.05, 0.1) is 7.11 Å². The van der Waals surface area contributed by atoms with Crippen molar-refractivity contribution in [3.8, 4) is 5.75 Å². The Bertz CT molecular complexity index is 572. The van der Waals surface area contributed by atoms with Gasteiger partial charge in [-0.1, -0.05) is 36.2 Å². The van der Waals surface area contributed by atoms with Crippen LogP contribution in [-0.4, -0.2) is 12.1 Å². The van der Waals surface area contributed by atoms with Crippen molar-refractivity contribution in [2.24, 2.45) is 0 Å². The fraction of sp³-hybridized carbons (Fsp3) is 0.267. The first-order chi connectivity index (χ1) is 9.10. The molecule has 0 aliphatic heterocycles. The molecule has 0 aliphatic rings. The van der Waals surface area contributed by atoms with Crippen LogP contribution in [-0.2, 0) is 6.42 Å². The molecule has 0 saturated heterocycles. The third-order valence-electron chi connectivity index (χ3n) is 3.07. The van der Waals surface area contributed by atoms with Crippen LogP contribution in [0.1, 0.15) is 24.0 Å². The summed E-state index contributed by atoms with van der Waals surface area (Å²) >= 11 is 12.2. The first-order valence-corrected chi connectivity index (χ1v) is 6.79. The lowest BCUT2D eigenvalue weighted by Crippen LogP contribution is -2.00. The molecule has 1 unspecified atom stereocenters. The molecule has 2 aromatic rings. The average Bonchev–Trinajstić information content (AvgIpc) is 2.38. The van der Waals surface area contributed by atoms with Gasteiger partial charge in [0.15, 0.2) is 0 Å². The average molecular weight is 296 g/mol. The summed E-state index contributed by atoms with van der Waals surface area (Å²) in [5.74, 6) is 1.07. The highest BCUT2D eigenvalue weighted by Gasteiger charge is 2.11. The quantitative estimate of drug-likeness (QED) is 0.760. The fourth-order valence-corrected chi connectivity index (χ4v) is 2.62. The molecule has 1 heterocycles. The largest absolute Gasteiger partial charge is 0.497 e. The van der Waals surface area contributed by atoms with Crippen molar-refractivity contribution in [2.75, 3.05) is 7.11 Å². The smallest absolute Gasteiger partial charge is 0.129 e. The van der Waals surface area contributed by atoms with E-state index in [0.29, 0.717) is 11.1 Å². The molecule has 0 aliphatic carbocycles. The third-order valence-corrected chi connectivity index (χ3v) is 3.61. The van der Waals surface area contributed by atoms with Crippen LogP contribution in [0.25, 0.3) is 0 Å². The Hall–Kier alpha value is -1.25. The molecule has 19 heavy (non-hydrogen) atoms. The van der Waals surface area contributed by atoms with Gasteiger partial charge in [-0.2, -0.15) is 0 Å².